The molecule has 0 spiro atoms. The molecule has 0 radical (unpaired) electrons. The number of esters is 1. The molecule has 0 aromatic rings. The summed E-state index contributed by atoms with van der Waals surface area (Å²) in [7, 11) is 0. The molecule has 0 aromatic carbocycles. The maximum absolute atomic E-state index is 10.7. The van der Waals surface area contributed by atoms with Gasteiger partial charge in [-0.25, -0.2) is 9.59 Å². The molecule has 8 nitrogen and oxygen atoms in total. The van der Waals surface area contributed by atoms with Gasteiger partial charge < -0.3 is 20.1 Å². The summed E-state index contributed by atoms with van der Waals surface area (Å²) in [5, 5.41) is 25.3. The Morgan fingerprint density at radius 3 is 1.83 bits per heavy atom. The van der Waals surface area contributed by atoms with Gasteiger partial charge in [-0.3, -0.25) is 9.59 Å². The van der Waals surface area contributed by atoms with Crippen LogP contribution in [-0.2, 0) is 23.9 Å². The highest BCUT2D eigenvalue weighted by atomic mass is 16.5. The zero-order chi connectivity index (χ0) is 19.3. The lowest BCUT2D eigenvalue weighted by molar-refractivity contribution is -0.143. The smallest absolute Gasteiger partial charge is 0.331 e. The van der Waals surface area contributed by atoms with Crippen molar-refractivity contribution < 1.29 is 39.2 Å². The van der Waals surface area contributed by atoms with Gasteiger partial charge >= 0.3 is 23.9 Å². The van der Waals surface area contributed by atoms with Crippen molar-refractivity contribution in [1.82, 2.24) is 0 Å². The molecule has 3 N–H and O–H groups in total. The lowest BCUT2D eigenvalue weighted by Crippen LogP contribution is -2.19. The van der Waals surface area contributed by atoms with Crippen molar-refractivity contribution in [2.24, 2.45) is 5.92 Å². The van der Waals surface area contributed by atoms with Crippen LogP contribution in [0.1, 0.15) is 12.8 Å². The molecule has 0 aliphatic rings. The van der Waals surface area contributed by atoms with Crippen LogP contribution in [0.2, 0.25) is 0 Å². The van der Waals surface area contributed by atoms with Gasteiger partial charge in [0, 0.05) is 11.1 Å². The number of allylic oxidation sites excluding steroid dienone is 1. The highest BCUT2D eigenvalue weighted by Gasteiger charge is 2.23. The van der Waals surface area contributed by atoms with E-state index in [1.54, 1.807) is 0 Å². The van der Waals surface area contributed by atoms with Crippen LogP contribution >= 0.6 is 0 Å². The van der Waals surface area contributed by atoms with Gasteiger partial charge in [0.2, 0.25) is 0 Å². The molecule has 8 heteroatoms. The van der Waals surface area contributed by atoms with E-state index >= 15 is 0 Å². The van der Waals surface area contributed by atoms with Crippen LogP contribution in [0.15, 0.2) is 49.6 Å². The normalized spacial score (nSPS) is 10.2. The predicted molar refractivity (Wildman–Crippen MR) is 85.3 cm³/mol. The van der Waals surface area contributed by atoms with Crippen LogP contribution in [0.3, 0.4) is 0 Å². The molecule has 0 bridgehead atoms. The van der Waals surface area contributed by atoms with Crippen LogP contribution < -0.4 is 0 Å². The zero-order valence-corrected chi connectivity index (χ0v) is 13.1. The quantitative estimate of drug-likeness (QED) is 0.310. The van der Waals surface area contributed by atoms with E-state index in [1.165, 1.54) is 12.2 Å². The third kappa shape index (κ3) is 10.6. The molecule has 0 aromatic heterocycles. The van der Waals surface area contributed by atoms with Gasteiger partial charge in [-0.1, -0.05) is 31.9 Å². The second-order valence-corrected chi connectivity index (χ2v) is 4.30. The molecule has 24 heavy (non-hydrogen) atoms. The molecule has 0 aliphatic heterocycles. The van der Waals surface area contributed by atoms with E-state index in [-0.39, 0.29) is 30.6 Å². The molecule has 0 fully saturated rings. The Labute approximate surface area is 139 Å². The van der Waals surface area contributed by atoms with Crippen molar-refractivity contribution in [3.8, 4) is 0 Å². The molecule has 0 saturated heterocycles. The fourth-order valence-corrected chi connectivity index (χ4v) is 1.16. The standard InChI is InChI=1S/2C8H10O4/c1-3-4-12-7(9)5-6(2)8(10)11;1-3-4-6(8(11)12)5(2)7(9)10/h3H,1-2,4-5H2,(H,10,11);3,6H,1-2,4H2,(H,9,10)(H,11,12). The van der Waals surface area contributed by atoms with Crippen LogP contribution in [0, 0.1) is 5.92 Å². The monoisotopic (exact) mass is 340 g/mol. The maximum Gasteiger partial charge on any atom is 0.331 e. The molecule has 0 rings (SSSR count). The van der Waals surface area contributed by atoms with Crippen molar-refractivity contribution in [1.29, 1.82) is 0 Å². The summed E-state index contributed by atoms with van der Waals surface area (Å²) < 4.78 is 4.53. The Morgan fingerprint density at radius 1 is 0.958 bits per heavy atom. The maximum atomic E-state index is 10.7. The van der Waals surface area contributed by atoms with E-state index in [0.717, 1.165) is 0 Å². The molecule has 132 valence electrons. The van der Waals surface area contributed by atoms with Gasteiger partial charge in [0.1, 0.15) is 6.61 Å². The average Bonchev–Trinajstić information content (AvgIpc) is 2.49. The van der Waals surface area contributed by atoms with Crippen molar-refractivity contribution in [3.05, 3.63) is 49.6 Å². The van der Waals surface area contributed by atoms with Gasteiger partial charge in [-0.05, 0) is 6.42 Å². The Balaban J connectivity index is 0. The number of carboxylic acid groups (broad SMARTS) is 3. The van der Waals surface area contributed by atoms with Gasteiger partial charge in [0.05, 0.1) is 12.3 Å². The topological polar surface area (TPSA) is 138 Å². The number of hydrogen-bond donors (Lipinski definition) is 3. The molecular formula is C16H20O8. The zero-order valence-electron chi connectivity index (χ0n) is 13.1. The number of aliphatic carboxylic acids is 3. The van der Waals surface area contributed by atoms with Crippen molar-refractivity contribution in [2.45, 2.75) is 12.8 Å². The Kier molecular flexibility index (Phi) is 11.9. The summed E-state index contributed by atoms with van der Waals surface area (Å²) in [5.41, 5.74) is -0.494. The summed E-state index contributed by atoms with van der Waals surface area (Å²) in [6.45, 7) is 13.1. The van der Waals surface area contributed by atoms with E-state index in [2.05, 4.69) is 31.1 Å². The average molecular weight is 340 g/mol. The van der Waals surface area contributed by atoms with Gasteiger partial charge in [-0.2, -0.15) is 0 Å². The fourth-order valence-electron chi connectivity index (χ4n) is 1.16. The summed E-state index contributed by atoms with van der Waals surface area (Å²) in [6.07, 6.45) is 2.55. The highest BCUT2D eigenvalue weighted by Crippen LogP contribution is 2.14. The summed E-state index contributed by atoms with van der Waals surface area (Å²) in [5.74, 6) is -5.35. The molecule has 0 aliphatic carbocycles. The largest absolute Gasteiger partial charge is 0.481 e. The third-order valence-electron chi connectivity index (χ3n) is 2.42. The van der Waals surface area contributed by atoms with Gasteiger partial charge in [0.25, 0.3) is 0 Å². The van der Waals surface area contributed by atoms with Gasteiger partial charge in [0.15, 0.2) is 0 Å². The first-order valence-electron chi connectivity index (χ1n) is 6.51. The summed E-state index contributed by atoms with van der Waals surface area (Å²) in [4.78, 5) is 41.7. The minimum atomic E-state index is -1.29. The number of ether oxygens (including phenoxy) is 1. The molecule has 1 atom stereocenters. The van der Waals surface area contributed by atoms with Gasteiger partial charge in [-0.15, -0.1) is 6.58 Å². The number of rotatable bonds is 10. The predicted octanol–water partition coefficient (Wildman–Crippen LogP) is 1.65. The number of hydrogen-bond acceptors (Lipinski definition) is 5. The minimum Gasteiger partial charge on any atom is -0.481 e. The number of carbonyl (C=O) groups excluding carboxylic acids is 1. The van der Waals surface area contributed by atoms with Crippen molar-refractivity contribution >= 4 is 23.9 Å². The summed E-state index contributed by atoms with van der Waals surface area (Å²) in [6, 6.07) is 0. The molecular weight excluding hydrogens is 320 g/mol. The highest BCUT2D eigenvalue weighted by molar-refractivity contribution is 5.93. The van der Waals surface area contributed by atoms with Crippen molar-refractivity contribution in [2.75, 3.05) is 6.61 Å². The molecule has 0 amide bonds. The van der Waals surface area contributed by atoms with E-state index in [1.807, 2.05) is 0 Å². The number of carbonyl (C=O) groups is 4. The lowest BCUT2D eigenvalue weighted by Gasteiger charge is -2.08. The van der Waals surface area contributed by atoms with Crippen LogP contribution in [0.5, 0.6) is 0 Å². The Bertz CT molecular complexity index is 542. The number of carboxylic acids is 3. The van der Waals surface area contributed by atoms with E-state index in [4.69, 9.17) is 15.3 Å². The summed E-state index contributed by atoms with van der Waals surface area (Å²) >= 11 is 0. The third-order valence-corrected chi connectivity index (χ3v) is 2.42. The fraction of sp³-hybridized carbons (Fsp3) is 0.250. The first-order chi connectivity index (χ1) is 11.1. The second kappa shape index (κ2) is 12.4. The van der Waals surface area contributed by atoms with Crippen LogP contribution in [0.4, 0.5) is 0 Å². The van der Waals surface area contributed by atoms with E-state index in [0.29, 0.717) is 0 Å². The van der Waals surface area contributed by atoms with Crippen LogP contribution in [-0.4, -0.2) is 45.8 Å². The Morgan fingerprint density at radius 2 is 1.50 bits per heavy atom. The lowest BCUT2D eigenvalue weighted by atomic mass is 9.97. The van der Waals surface area contributed by atoms with Crippen molar-refractivity contribution in [3.63, 3.8) is 0 Å². The molecule has 0 saturated carbocycles. The second-order valence-electron chi connectivity index (χ2n) is 4.30. The first-order valence-corrected chi connectivity index (χ1v) is 6.51. The van der Waals surface area contributed by atoms with E-state index in [9.17, 15) is 19.2 Å². The Hall–Kier alpha value is -3.16. The SMILES string of the molecule is C=CCC(C(=C)C(=O)O)C(=O)O.C=CCOC(=O)CC(=C)C(=O)O. The molecule has 1 unspecified atom stereocenters. The minimum absolute atomic E-state index is 0.0838. The molecule has 0 heterocycles. The van der Waals surface area contributed by atoms with E-state index < -0.39 is 29.8 Å². The first kappa shape index (κ1) is 23.1. The van der Waals surface area contributed by atoms with Crippen LogP contribution in [0.25, 0.3) is 0 Å².